The summed E-state index contributed by atoms with van der Waals surface area (Å²) < 4.78 is 3.95. The molecular formula is C20H22N4O. The minimum absolute atomic E-state index is 0.125. The zero-order valence-corrected chi connectivity index (χ0v) is 14.4. The molecular weight excluding hydrogens is 312 g/mol. The first-order valence-electron chi connectivity index (χ1n) is 8.79. The highest BCUT2D eigenvalue weighted by molar-refractivity contribution is 5.34. The molecule has 0 fully saturated rings. The van der Waals surface area contributed by atoms with Crippen molar-refractivity contribution < 1.29 is 0 Å². The quantitative estimate of drug-likeness (QED) is 0.737. The molecule has 3 heterocycles. The smallest absolute Gasteiger partial charge is 0.274 e. The van der Waals surface area contributed by atoms with Crippen molar-refractivity contribution in [2.45, 2.75) is 33.0 Å². The van der Waals surface area contributed by atoms with E-state index in [1.54, 1.807) is 0 Å². The van der Waals surface area contributed by atoms with E-state index in [2.05, 4.69) is 27.6 Å². The van der Waals surface area contributed by atoms with Gasteiger partial charge in [-0.3, -0.25) is 19.4 Å². The van der Waals surface area contributed by atoms with Crippen LogP contribution in [-0.4, -0.2) is 25.8 Å². The lowest BCUT2D eigenvalue weighted by Crippen LogP contribution is -2.32. The number of aromatic nitrogens is 3. The van der Waals surface area contributed by atoms with E-state index < -0.39 is 0 Å². The van der Waals surface area contributed by atoms with Crippen LogP contribution in [0.4, 0.5) is 0 Å². The van der Waals surface area contributed by atoms with Crippen molar-refractivity contribution >= 4 is 0 Å². The molecule has 0 spiro atoms. The number of benzene rings is 1. The van der Waals surface area contributed by atoms with Crippen LogP contribution in [0.5, 0.6) is 0 Å². The minimum Gasteiger partial charge on any atom is -0.291 e. The molecule has 0 aliphatic carbocycles. The van der Waals surface area contributed by atoms with Crippen molar-refractivity contribution in [3.63, 3.8) is 0 Å². The molecule has 0 radical (unpaired) electrons. The fourth-order valence-corrected chi connectivity index (χ4v) is 3.64. The second-order valence-corrected chi connectivity index (χ2v) is 6.38. The predicted molar refractivity (Wildman–Crippen MR) is 97.8 cm³/mol. The summed E-state index contributed by atoms with van der Waals surface area (Å²) in [5.41, 5.74) is 4.22. The van der Waals surface area contributed by atoms with Gasteiger partial charge in [0.2, 0.25) is 0 Å². The third-order valence-corrected chi connectivity index (χ3v) is 4.82. The van der Waals surface area contributed by atoms with Crippen LogP contribution in [0.3, 0.4) is 0 Å². The number of nitrogens with zero attached hydrogens (tertiary/aromatic N) is 4. The Morgan fingerprint density at radius 1 is 1.08 bits per heavy atom. The normalized spacial score (nSPS) is 14.4. The Morgan fingerprint density at radius 3 is 2.60 bits per heavy atom. The van der Waals surface area contributed by atoms with Gasteiger partial charge in [0.15, 0.2) is 0 Å². The van der Waals surface area contributed by atoms with Crippen LogP contribution >= 0.6 is 0 Å². The van der Waals surface area contributed by atoms with Crippen molar-refractivity contribution in [2.75, 3.05) is 6.54 Å². The molecule has 2 aromatic heterocycles. The Bertz CT molecular complexity index is 912. The standard InChI is InChI=1S/C20H22N4O/c1-2-23-19-15-22(14-16-8-6-7-12-21-16)13-11-18(19)20(25)24(23)17-9-4-3-5-10-17/h3-10,12H,2,11,13-15H2,1H3. The van der Waals surface area contributed by atoms with Gasteiger partial charge in [0.05, 0.1) is 17.1 Å². The molecule has 1 aliphatic rings. The van der Waals surface area contributed by atoms with Gasteiger partial charge in [-0.1, -0.05) is 24.3 Å². The first kappa shape index (κ1) is 15.8. The maximum Gasteiger partial charge on any atom is 0.274 e. The molecule has 0 saturated carbocycles. The summed E-state index contributed by atoms with van der Waals surface area (Å²) in [7, 11) is 0. The minimum atomic E-state index is 0.125. The van der Waals surface area contributed by atoms with E-state index in [1.165, 1.54) is 0 Å². The number of hydrogen-bond donors (Lipinski definition) is 0. The van der Waals surface area contributed by atoms with Gasteiger partial charge in [0.1, 0.15) is 0 Å². The predicted octanol–water partition coefficient (Wildman–Crippen LogP) is 2.61. The largest absolute Gasteiger partial charge is 0.291 e. The Labute approximate surface area is 147 Å². The molecule has 25 heavy (non-hydrogen) atoms. The molecule has 1 aliphatic heterocycles. The van der Waals surface area contributed by atoms with Crippen molar-refractivity contribution in [3.8, 4) is 5.69 Å². The summed E-state index contributed by atoms with van der Waals surface area (Å²) in [6.07, 6.45) is 2.62. The summed E-state index contributed by atoms with van der Waals surface area (Å²) in [4.78, 5) is 19.8. The van der Waals surface area contributed by atoms with Gasteiger partial charge < -0.3 is 0 Å². The van der Waals surface area contributed by atoms with E-state index >= 15 is 0 Å². The number of rotatable bonds is 4. The lowest BCUT2D eigenvalue weighted by molar-refractivity contribution is 0.233. The third kappa shape index (κ3) is 2.91. The van der Waals surface area contributed by atoms with Gasteiger partial charge in [-0.05, 0) is 37.6 Å². The van der Waals surface area contributed by atoms with Gasteiger partial charge in [0.25, 0.3) is 5.56 Å². The fourth-order valence-electron chi connectivity index (χ4n) is 3.64. The van der Waals surface area contributed by atoms with Crippen LogP contribution in [0.1, 0.15) is 23.9 Å². The summed E-state index contributed by atoms with van der Waals surface area (Å²) in [5, 5.41) is 0. The SMILES string of the molecule is CCn1c2c(c(=O)n1-c1ccccc1)CCN(Cc1ccccn1)C2. The Kier molecular flexibility index (Phi) is 4.24. The molecule has 1 aromatic carbocycles. The highest BCUT2D eigenvalue weighted by Gasteiger charge is 2.26. The van der Waals surface area contributed by atoms with E-state index in [1.807, 2.05) is 53.3 Å². The number of fused-ring (bicyclic) bond motifs is 1. The molecule has 0 N–H and O–H groups in total. The molecule has 0 saturated heterocycles. The van der Waals surface area contributed by atoms with Crippen LogP contribution in [-0.2, 0) is 26.1 Å². The summed E-state index contributed by atoms with van der Waals surface area (Å²) in [6.45, 7) is 5.36. The maximum atomic E-state index is 13.0. The highest BCUT2D eigenvalue weighted by atomic mass is 16.1. The Morgan fingerprint density at radius 2 is 1.88 bits per heavy atom. The van der Waals surface area contributed by atoms with E-state index in [0.717, 1.165) is 55.2 Å². The molecule has 0 atom stereocenters. The lowest BCUT2D eigenvalue weighted by atomic mass is 10.1. The number of hydrogen-bond acceptors (Lipinski definition) is 3. The van der Waals surface area contributed by atoms with Gasteiger partial charge in [0, 0.05) is 37.9 Å². The van der Waals surface area contributed by atoms with Crippen molar-refractivity contribution in [1.82, 2.24) is 19.2 Å². The monoisotopic (exact) mass is 334 g/mol. The van der Waals surface area contributed by atoms with Crippen molar-refractivity contribution in [2.24, 2.45) is 0 Å². The second-order valence-electron chi connectivity index (χ2n) is 6.38. The molecule has 3 aromatic rings. The topological polar surface area (TPSA) is 43.1 Å². The van der Waals surface area contributed by atoms with E-state index in [0.29, 0.717) is 0 Å². The van der Waals surface area contributed by atoms with Crippen molar-refractivity contribution in [1.29, 1.82) is 0 Å². The van der Waals surface area contributed by atoms with Crippen molar-refractivity contribution in [3.05, 3.63) is 82.0 Å². The van der Waals surface area contributed by atoms with Gasteiger partial charge in [-0.15, -0.1) is 0 Å². The molecule has 5 heteroatoms. The first-order valence-corrected chi connectivity index (χ1v) is 8.79. The van der Waals surface area contributed by atoms with E-state index in [9.17, 15) is 4.79 Å². The van der Waals surface area contributed by atoms with E-state index in [4.69, 9.17) is 0 Å². The van der Waals surface area contributed by atoms with E-state index in [-0.39, 0.29) is 5.56 Å². The average Bonchev–Trinajstić information content (AvgIpc) is 2.94. The summed E-state index contributed by atoms with van der Waals surface area (Å²) >= 11 is 0. The summed E-state index contributed by atoms with van der Waals surface area (Å²) in [6, 6.07) is 15.9. The van der Waals surface area contributed by atoms with Gasteiger partial charge in [-0.2, -0.15) is 0 Å². The molecule has 0 amide bonds. The van der Waals surface area contributed by atoms with Gasteiger partial charge in [-0.25, -0.2) is 4.68 Å². The van der Waals surface area contributed by atoms with Crippen LogP contribution in [0.2, 0.25) is 0 Å². The zero-order valence-electron chi connectivity index (χ0n) is 14.4. The maximum absolute atomic E-state index is 13.0. The zero-order chi connectivity index (χ0) is 17.2. The van der Waals surface area contributed by atoms with Crippen LogP contribution in [0.15, 0.2) is 59.5 Å². The highest BCUT2D eigenvalue weighted by Crippen LogP contribution is 2.20. The Balaban J connectivity index is 1.69. The van der Waals surface area contributed by atoms with Crippen LogP contribution in [0, 0.1) is 0 Å². The van der Waals surface area contributed by atoms with Gasteiger partial charge >= 0.3 is 0 Å². The number of pyridine rings is 1. The molecule has 4 rings (SSSR count). The molecule has 0 unspecified atom stereocenters. The van der Waals surface area contributed by atoms with Crippen LogP contribution in [0.25, 0.3) is 5.69 Å². The van der Waals surface area contributed by atoms with Crippen LogP contribution < -0.4 is 5.56 Å². The Hall–Kier alpha value is -2.66. The molecule has 128 valence electrons. The lowest BCUT2D eigenvalue weighted by Gasteiger charge is -2.27. The molecule has 5 nitrogen and oxygen atoms in total. The third-order valence-electron chi connectivity index (χ3n) is 4.82. The second kappa shape index (κ2) is 6.69. The first-order chi connectivity index (χ1) is 12.3. The molecule has 0 bridgehead atoms. The summed E-state index contributed by atoms with van der Waals surface area (Å²) in [5.74, 6) is 0. The fraction of sp³-hybridized carbons (Fsp3) is 0.300. The average molecular weight is 334 g/mol. The number of para-hydroxylation sites is 1.